The molecule has 1 aliphatic heterocycles. The molecule has 1 fully saturated rings. The van der Waals surface area contributed by atoms with E-state index >= 15 is 0 Å². The molecular formula is C15H22BrClN2. The van der Waals surface area contributed by atoms with E-state index in [1.165, 1.54) is 18.4 Å². The Hall–Kier alpha value is -0.0900. The van der Waals surface area contributed by atoms with Gasteiger partial charge in [-0.25, -0.2) is 0 Å². The third-order valence-corrected chi connectivity index (χ3v) is 5.09. The number of hydrogen-bond donors (Lipinski definition) is 1. The summed E-state index contributed by atoms with van der Waals surface area (Å²) in [5.74, 6) is 0.618. The minimum atomic E-state index is 0.338. The van der Waals surface area contributed by atoms with Gasteiger partial charge in [-0.1, -0.05) is 33.6 Å². The highest BCUT2D eigenvalue weighted by Gasteiger charge is 2.29. The Bertz CT molecular complexity index is 438. The molecule has 19 heavy (non-hydrogen) atoms. The zero-order valence-corrected chi connectivity index (χ0v) is 13.9. The molecule has 1 saturated heterocycles. The number of piperidine rings is 1. The molecule has 0 spiro atoms. The monoisotopic (exact) mass is 344 g/mol. The van der Waals surface area contributed by atoms with Crippen molar-refractivity contribution in [1.82, 2.24) is 4.90 Å². The van der Waals surface area contributed by atoms with Crippen molar-refractivity contribution in [1.29, 1.82) is 0 Å². The van der Waals surface area contributed by atoms with Crippen LogP contribution in [0.2, 0.25) is 5.02 Å². The molecule has 2 nitrogen and oxygen atoms in total. The van der Waals surface area contributed by atoms with Gasteiger partial charge in [0.1, 0.15) is 0 Å². The highest BCUT2D eigenvalue weighted by atomic mass is 79.9. The van der Waals surface area contributed by atoms with Crippen molar-refractivity contribution in [3.8, 4) is 0 Å². The maximum absolute atomic E-state index is 6.38. The summed E-state index contributed by atoms with van der Waals surface area (Å²) in [5, 5.41) is 0.837. The molecule has 1 aliphatic rings. The van der Waals surface area contributed by atoms with Crippen LogP contribution in [0.1, 0.15) is 38.3 Å². The molecule has 1 aromatic carbocycles. The average Bonchev–Trinajstić information content (AvgIpc) is 2.38. The normalized spacial score (nSPS) is 26.4. The Balaban J connectivity index is 2.19. The molecule has 3 unspecified atom stereocenters. The quantitative estimate of drug-likeness (QED) is 0.888. The maximum atomic E-state index is 6.38. The molecule has 3 atom stereocenters. The summed E-state index contributed by atoms with van der Waals surface area (Å²) in [6.45, 7) is 6.40. The second-order valence-corrected chi connectivity index (χ2v) is 6.89. The van der Waals surface area contributed by atoms with Crippen molar-refractivity contribution < 1.29 is 0 Å². The van der Waals surface area contributed by atoms with Crippen LogP contribution in [0, 0.1) is 5.92 Å². The van der Waals surface area contributed by atoms with E-state index in [9.17, 15) is 0 Å². The molecule has 4 heteroatoms. The van der Waals surface area contributed by atoms with E-state index in [4.69, 9.17) is 17.3 Å². The van der Waals surface area contributed by atoms with Gasteiger partial charge in [-0.3, -0.25) is 4.90 Å². The molecule has 1 heterocycles. The molecule has 2 rings (SSSR count). The van der Waals surface area contributed by atoms with Crippen LogP contribution in [0.5, 0.6) is 0 Å². The first-order valence-electron chi connectivity index (χ1n) is 6.93. The Morgan fingerprint density at radius 1 is 1.47 bits per heavy atom. The van der Waals surface area contributed by atoms with E-state index in [0.717, 1.165) is 22.6 Å². The number of halogens is 2. The van der Waals surface area contributed by atoms with Gasteiger partial charge in [0, 0.05) is 28.1 Å². The zero-order chi connectivity index (χ0) is 14.0. The molecule has 106 valence electrons. The second kappa shape index (κ2) is 6.57. The van der Waals surface area contributed by atoms with Crippen molar-refractivity contribution >= 4 is 27.5 Å². The van der Waals surface area contributed by atoms with Crippen LogP contribution in [0.15, 0.2) is 22.7 Å². The molecule has 1 aromatic rings. The van der Waals surface area contributed by atoms with Gasteiger partial charge >= 0.3 is 0 Å². The lowest BCUT2D eigenvalue weighted by Gasteiger charge is -2.41. The Morgan fingerprint density at radius 2 is 2.21 bits per heavy atom. The first-order chi connectivity index (χ1) is 9.02. The molecular weight excluding hydrogens is 324 g/mol. The summed E-state index contributed by atoms with van der Waals surface area (Å²) in [5.41, 5.74) is 7.04. The largest absolute Gasteiger partial charge is 0.330 e. The summed E-state index contributed by atoms with van der Waals surface area (Å²) in [4.78, 5) is 2.54. The first kappa shape index (κ1) is 15.3. The maximum Gasteiger partial charge on any atom is 0.0464 e. The Morgan fingerprint density at radius 3 is 2.84 bits per heavy atom. The van der Waals surface area contributed by atoms with Crippen LogP contribution in [0.25, 0.3) is 0 Å². The summed E-state index contributed by atoms with van der Waals surface area (Å²) in [6.07, 6.45) is 2.47. The molecule has 0 radical (unpaired) electrons. The van der Waals surface area contributed by atoms with Gasteiger partial charge in [-0.15, -0.1) is 0 Å². The van der Waals surface area contributed by atoms with E-state index in [1.54, 1.807) is 0 Å². The van der Waals surface area contributed by atoms with Gasteiger partial charge in [-0.2, -0.15) is 0 Å². The number of benzene rings is 1. The summed E-state index contributed by atoms with van der Waals surface area (Å²) >= 11 is 9.84. The van der Waals surface area contributed by atoms with Crippen molar-refractivity contribution in [2.45, 2.75) is 38.8 Å². The van der Waals surface area contributed by atoms with Gasteiger partial charge in [-0.05, 0) is 56.8 Å². The van der Waals surface area contributed by atoms with Crippen LogP contribution >= 0.6 is 27.5 Å². The average molecular weight is 346 g/mol. The van der Waals surface area contributed by atoms with Crippen LogP contribution in [-0.2, 0) is 0 Å². The van der Waals surface area contributed by atoms with Crippen LogP contribution in [-0.4, -0.2) is 24.0 Å². The van der Waals surface area contributed by atoms with Gasteiger partial charge in [0.2, 0.25) is 0 Å². The molecule has 0 saturated carbocycles. The topological polar surface area (TPSA) is 29.3 Å². The molecule has 0 amide bonds. The van der Waals surface area contributed by atoms with Gasteiger partial charge in [0.15, 0.2) is 0 Å². The third kappa shape index (κ3) is 3.52. The van der Waals surface area contributed by atoms with Crippen molar-refractivity contribution in [3.63, 3.8) is 0 Å². The molecule has 0 bridgehead atoms. The fourth-order valence-corrected chi connectivity index (χ4v) is 3.79. The minimum absolute atomic E-state index is 0.338. The number of likely N-dealkylation sites (tertiary alicyclic amines) is 1. The molecule has 0 aliphatic carbocycles. The van der Waals surface area contributed by atoms with E-state index in [0.29, 0.717) is 18.0 Å². The van der Waals surface area contributed by atoms with Crippen molar-refractivity contribution in [3.05, 3.63) is 33.3 Å². The number of hydrogen-bond acceptors (Lipinski definition) is 2. The first-order valence-corrected chi connectivity index (χ1v) is 8.10. The smallest absolute Gasteiger partial charge is 0.0464 e. The van der Waals surface area contributed by atoms with Crippen LogP contribution in [0.3, 0.4) is 0 Å². The zero-order valence-electron chi connectivity index (χ0n) is 11.6. The number of nitrogens with two attached hydrogens (primary N) is 1. The molecule has 0 aromatic heterocycles. The standard InChI is InChI=1S/C15H22BrClN2/c1-10-3-4-12(8-18)9-19(10)11(2)14-6-5-13(16)7-15(14)17/h5-7,10-12H,3-4,8-9,18H2,1-2H3. The minimum Gasteiger partial charge on any atom is -0.330 e. The second-order valence-electron chi connectivity index (χ2n) is 5.57. The Labute approximate surface area is 129 Å². The lowest BCUT2D eigenvalue weighted by Crippen LogP contribution is -2.45. The van der Waals surface area contributed by atoms with Gasteiger partial charge in [0.25, 0.3) is 0 Å². The van der Waals surface area contributed by atoms with E-state index in [2.05, 4.69) is 46.8 Å². The third-order valence-electron chi connectivity index (χ3n) is 4.27. The van der Waals surface area contributed by atoms with E-state index < -0.39 is 0 Å². The van der Waals surface area contributed by atoms with Crippen molar-refractivity contribution in [2.75, 3.05) is 13.1 Å². The SMILES string of the molecule is CC1CCC(CN)CN1C(C)c1ccc(Br)cc1Cl. The molecule has 2 N–H and O–H groups in total. The van der Waals surface area contributed by atoms with Crippen LogP contribution < -0.4 is 5.73 Å². The fourth-order valence-electron chi connectivity index (χ4n) is 2.96. The predicted molar refractivity (Wildman–Crippen MR) is 85.5 cm³/mol. The lowest BCUT2D eigenvalue weighted by molar-refractivity contribution is 0.0813. The predicted octanol–water partition coefficient (Wildman–Crippen LogP) is 4.22. The Kier molecular flexibility index (Phi) is 5.29. The summed E-state index contributed by atoms with van der Waals surface area (Å²) < 4.78 is 1.03. The van der Waals surface area contributed by atoms with Crippen molar-refractivity contribution in [2.24, 2.45) is 11.7 Å². The number of rotatable bonds is 3. The lowest BCUT2D eigenvalue weighted by atomic mass is 9.91. The van der Waals surface area contributed by atoms with E-state index in [-0.39, 0.29) is 0 Å². The van der Waals surface area contributed by atoms with Gasteiger partial charge in [0.05, 0.1) is 0 Å². The fraction of sp³-hybridized carbons (Fsp3) is 0.600. The van der Waals surface area contributed by atoms with E-state index in [1.807, 2.05) is 6.07 Å². The summed E-state index contributed by atoms with van der Waals surface area (Å²) in [6, 6.07) is 7.09. The highest BCUT2D eigenvalue weighted by molar-refractivity contribution is 9.10. The van der Waals surface area contributed by atoms with Gasteiger partial charge < -0.3 is 5.73 Å². The summed E-state index contributed by atoms with van der Waals surface area (Å²) in [7, 11) is 0. The number of nitrogens with zero attached hydrogens (tertiary/aromatic N) is 1. The highest BCUT2D eigenvalue weighted by Crippen LogP contribution is 2.34. The van der Waals surface area contributed by atoms with Crippen LogP contribution in [0.4, 0.5) is 0 Å².